The summed E-state index contributed by atoms with van der Waals surface area (Å²) in [5, 5.41) is 9.75. The number of allylic oxidation sites excluding steroid dienone is 2. The molecule has 176 valence electrons. The number of methoxy groups -OCH3 is 1. The van der Waals surface area contributed by atoms with Gasteiger partial charge in [0.15, 0.2) is 17.1 Å². The molecule has 4 rings (SSSR count). The van der Waals surface area contributed by atoms with Crippen LogP contribution in [0.5, 0.6) is 11.5 Å². The summed E-state index contributed by atoms with van der Waals surface area (Å²) in [6.45, 7) is 5.62. The van der Waals surface area contributed by atoms with Gasteiger partial charge < -0.3 is 13.3 Å². The fourth-order valence-corrected chi connectivity index (χ4v) is 4.45. The molecule has 0 aliphatic rings. The number of nitriles is 1. The summed E-state index contributed by atoms with van der Waals surface area (Å²) < 4.78 is 42.6. The molecule has 0 fully saturated rings. The number of oxazole rings is 1. The number of aryl methyl sites for hydroxylation is 1. The molecule has 8 heteroatoms. The van der Waals surface area contributed by atoms with Gasteiger partial charge in [0.05, 0.1) is 7.11 Å². The second-order valence-corrected chi connectivity index (χ2v) is 9.26. The van der Waals surface area contributed by atoms with Gasteiger partial charge >= 0.3 is 10.1 Å². The Hall–Kier alpha value is -4.35. The molecule has 0 saturated heterocycles. The molecule has 0 amide bonds. The third-order valence-corrected chi connectivity index (χ3v) is 6.43. The Morgan fingerprint density at radius 2 is 1.91 bits per heavy atom. The minimum atomic E-state index is -4.11. The van der Waals surface area contributed by atoms with E-state index >= 15 is 0 Å². The first-order valence-corrected chi connectivity index (χ1v) is 12.1. The van der Waals surface area contributed by atoms with Gasteiger partial charge in [-0.25, -0.2) is 4.98 Å². The van der Waals surface area contributed by atoms with E-state index in [4.69, 9.17) is 13.3 Å². The Balaban J connectivity index is 1.77. The van der Waals surface area contributed by atoms with Gasteiger partial charge in [-0.2, -0.15) is 13.7 Å². The van der Waals surface area contributed by atoms with Gasteiger partial charge in [-0.3, -0.25) is 0 Å². The third kappa shape index (κ3) is 5.10. The van der Waals surface area contributed by atoms with E-state index < -0.39 is 10.1 Å². The van der Waals surface area contributed by atoms with E-state index in [2.05, 4.69) is 17.6 Å². The molecule has 0 saturated carbocycles. The van der Waals surface area contributed by atoms with Crippen molar-refractivity contribution in [3.8, 4) is 17.6 Å². The van der Waals surface area contributed by atoms with E-state index in [1.165, 1.54) is 19.2 Å². The first-order valence-electron chi connectivity index (χ1n) is 10.7. The van der Waals surface area contributed by atoms with Gasteiger partial charge in [0.1, 0.15) is 22.1 Å². The molecular formula is C27H22N2O5S. The zero-order valence-corrected chi connectivity index (χ0v) is 20.0. The summed E-state index contributed by atoms with van der Waals surface area (Å²) in [6.07, 6.45) is 3.53. The third-order valence-electron chi connectivity index (χ3n) is 5.20. The van der Waals surface area contributed by atoms with Gasteiger partial charge in [-0.05, 0) is 61.4 Å². The average molecular weight is 487 g/mol. The molecule has 0 aliphatic heterocycles. The molecule has 0 atom stereocenters. The van der Waals surface area contributed by atoms with E-state index in [9.17, 15) is 13.7 Å². The zero-order chi connectivity index (χ0) is 25.0. The van der Waals surface area contributed by atoms with Crippen LogP contribution in [-0.2, 0) is 16.5 Å². The maximum atomic E-state index is 12.9. The van der Waals surface area contributed by atoms with E-state index in [-0.39, 0.29) is 27.9 Å². The number of fused-ring (bicyclic) bond motifs is 1. The molecule has 0 unspecified atom stereocenters. The van der Waals surface area contributed by atoms with Crippen LogP contribution in [0.25, 0.3) is 22.7 Å². The molecule has 7 nitrogen and oxygen atoms in total. The zero-order valence-electron chi connectivity index (χ0n) is 19.2. The highest BCUT2D eigenvalue weighted by Crippen LogP contribution is 2.37. The molecule has 1 heterocycles. The molecule has 0 aliphatic carbocycles. The van der Waals surface area contributed by atoms with Gasteiger partial charge in [-0.1, -0.05) is 35.9 Å². The predicted molar refractivity (Wildman–Crippen MR) is 133 cm³/mol. The van der Waals surface area contributed by atoms with Crippen LogP contribution in [0.4, 0.5) is 0 Å². The number of aromatic nitrogens is 1. The number of hydrogen-bond donors (Lipinski definition) is 0. The van der Waals surface area contributed by atoms with Crippen molar-refractivity contribution in [1.29, 1.82) is 5.26 Å². The van der Waals surface area contributed by atoms with Crippen LogP contribution >= 0.6 is 0 Å². The molecule has 1 aromatic heterocycles. The van der Waals surface area contributed by atoms with Gasteiger partial charge in [0.25, 0.3) is 0 Å². The lowest BCUT2D eigenvalue weighted by Gasteiger charge is -2.15. The lowest BCUT2D eigenvalue weighted by Crippen LogP contribution is -2.12. The summed E-state index contributed by atoms with van der Waals surface area (Å²) in [6, 6.07) is 19.0. The Labute approximate surface area is 203 Å². The van der Waals surface area contributed by atoms with Crippen LogP contribution in [0.1, 0.15) is 22.6 Å². The minimum Gasteiger partial charge on any atom is -0.493 e. The highest BCUT2D eigenvalue weighted by Gasteiger charge is 2.22. The molecule has 0 radical (unpaired) electrons. The summed E-state index contributed by atoms with van der Waals surface area (Å²) in [7, 11) is -2.69. The van der Waals surface area contributed by atoms with Crippen LogP contribution in [0, 0.1) is 18.3 Å². The van der Waals surface area contributed by atoms with Crippen LogP contribution in [0.3, 0.4) is 0 Å². The number of hydrogen-bond acceptors (Lipinski definition) is 7. The van der Waals surface area contributed by atoms with E-state index in [1.54, 1.807) is 48.6 Å². The quantitative estimate of drug-likeness (QED) is 0.179. The van der Waals surface area contributed by atoms with Crippen molar-refractivity contribution in [2.24, 2.45) is 0 Å². The van der Waals surface area contributed by atoms with Crippen molar-refractivity contribution in [1.82, 2.24) is 4.98 Å². The van der Waals surface area contributed by atoms with Crippen LogP contribution in [-0.4, -0.2) is 20.5 Å². The fraction of sp³-hybridized carbons (Fsp3) is 0.111. The van der Waals surface area contributed by atoms with Crippen LogP contribution in [0.2, 0.25) is 0 Å². The number of benzene rings is 3. The van der Waals surface area contributed by atoms with Crippen molar-refractivity contribution in [2.45, 2.75) is 18.2 Å². The van der Waals surface area contributed by atoms with Crippen LogP contribution < -0.4 is 8.92 Å². The highest BCUT2D eigenvalue weighted by molar-refractivity contribution is 7.87. The van der Waals surface area contributed by atoms with Gasteiger partial charge in [-0.15, -0.1) is 6.58 Å². The summed E-state index contributed by atoms with van der Waals surface area (Å²) in [4.78, 5) is 4.41. The van der Waals surface area contributed by atoms with Crippen molar-refractivity contribution < 1.29 is 21.8 Å². The SMILES string of the molecule is C=CCc1cc(/C=C(\C#N)c2nc3ccccc3o2)cc(OC)c1OS(=O)(=O)c1ccc(C)cc1. The Bertz CT molecular complexity index is 1540. The van der Waals surface area contributed by atoms with Crippen LogP contribution in [0.15, 0.2) is 82.6 Å². The van der Waals surface area contributed by atoms with E-state index in [1.807, 2.05) is 19.1 Å². The van der Waals surface area contributed by atoms with Crippen molar-refractivity contribution in [3.63, 3.8) is 0 Å². The fourth-order valence-electron chi connectivity index (χ4n) is 3.48. The maximum absolute atomic E-state index is 12.9. The molecule has 3 aromatic carbocycles. The molecule has 0 spiro atoms. The van der Waals surface area contributed by atoms with Gasteiger partial charge in [0, 0.05) is 5.56 Å². The monoisotopic (exact) mass is 486 g/mol. The predicted octanol–water partition coefficient (Wildman–Crippen LogP) is 5.71. The van der Waals surface area contributed by atoms with Crippen molar-refractivity contribution in [3.05, 3.63) is 95.9 Å². The Morgan fingerprint density at radius 3 is 2.57 bits per heavy atom. The normalized spacial score (nSPS) is 11.7. The second kappa shape index (κ2) is 9.87. The average Bonchev–Trinajstić information content (AvgIpc) is 3.28. The first kappa shape index (κ1) is 23.8. The van der Waals surface area contributed by atoms with E-state index in [0.717, 1.165) is 5.56 Å². The standard InChI is InChI=1S/C27H22N2O5S/c1-4-7-20-14-19(15-21(17-28)27-29-23-8-5-6-9-24(23)33-27)16-25(32-3)26(20)34-35(30,31)22-12-10-18(2)11-13-22/h4-6,8-16H,1,7H2,2-3H3/b21-15+. The maximum Gasteiger partial charge on any atom is 0.339 e. The van der Waals surface area contributed by atoms with Gasteiger partial charge in [0.2, 0.25) is 5.89 Å². The van der Waals surface area contributed by atoms with E-state index in [0.29, 0.717) is 28.6 Å². The molecular weight excluding hydrogens is 464 g/mol. The van der Waals surface area contributed by atoms with Crippen molar-refractivity contribution >= 4 is 32.9 Å². The molecule has 4 aromatic rings. The highest BCUT2D eigenvalue weighted by atomic mass is 32.2. The Morgan fingerprint density at radius 1 is 1.17 bits per heavy atom. The number of rotatable bonds is 8. The first-order chi connectivity index (χ1) is 16.8. The summed E-state index contributed by atoms with van der Waals surface area (Å²) in [5.41, 5.74) is 3.44. The number of nitrogens with zero attached hydrogens (tertiary/aromatic N) is 2. The second-order valence-electron chi connectivity index (χ2n) is 7.71. The lowest BCUT2D eigenvalue weighted by molar-refractivity contribution is 0.389. The summed E-state index contributed by atoms with van der Waals surface area (Å²) >= 11 is 0. The molecule has 35 heavy (non-hydrogen) atoms. The number of ether oxygens (including phenoxy) is 1. The molecule has 0 bridgehead atoms. The van der Waals surface area contributed by atoms with Crippen molar-refractivity contribution in [2.75, 3.05) is 7.11 Å². The largest absolute Gasteiger partial charge is 0.493 e. The molecule has 0 N–H and O–H groups in total. The number of para-hydroxylation sites is 2. The smallest absolute Gasteiger partial charge is 0.339 e. The Kier molecular flexibility index (Phi) is 6.71. The lowest BCUT2D eigenvalue weighted by atomic mass is 10.0. The minimum absolute atomic E-state index is 0.0291. The topological polar surface area (TPSA) is 102 Å². The summed E-state index contributed by atoms with van der Waals surface area (Å²) in [5.74, 6) is 0.437.